The number of halogens is 6. The molecule has 0 unspecified atom stereocenters. The Bertz CT molecular complexity index is 1130. The molecular formula is C20H14BrF5N4O. The van der Waals surface area contributed by atoms with Crippen LogP contribution in [0.4, 0.5) is 33.5 Å². The van der Waals surface area contributed by atoms with E-state index in [0.717, 1.165) is 16.6 Å². The Balaban J connectivity index is 1.64. The molecule has 1 amide bonds. The highest BCUT2D eigenvalue weighted by Crippen LogP contribution is 2.43. The monoisotopic (exact) mass is 500 g/mol. The summed E-state index contributed by atoms with van der Waals surface area (Å²) in [5.74, 6) is -2.76. The summed E-state index contributed by atoms with van der Waals surface area (Å²) in [5.41, 5.74) is -0.00772. The van der Waals surface area contributed by atoms with Gasteiger partial charge in [-0.15, -0.1) is 0 Å². The second-order valence-electron chi connectivity index (χ2n) is 6.98. The lowest BCUT2D eigenvalue weighted by Gasteiger charge is -2.33. The first-order valence-corrected chi connectivity index (χ1v) is 9.86. The molecule has 1 aromatic heterocycles. The molecule has 0 radical (unpaired) electrons. The zero-order chi connectivity index (χ0) is 22.3. The van der Waals surface area contributed by atoms with Crippen molar-refractivity contribution in [2.45, 2.75) is 24.7 Å². The second kappa shape index (κ2) is 7.95. The van der Waals surface area contributed by atoms with Crippen LogP contribution in [-0.4, -0.2) is 21.9 Å². The fourth-order valence-electron chi connectivity index (χ4n) is 3.38. The highest BCUT2D eigenvalue weighted by atomic mass is 79.9. The Morgan fingerprint density at radius 3 is 2.48 bits per heavy atom. The van der Waals surface area contributed by atoms with E-state index in [1.807, 2.05) is 0 Å². The lowest BCUT2D eigenvalue weighted by Crippen LogP contribution is -2.35. The van der Waals surface area contributed by atoms with Gasteiger partial charge < -0.3 is 10.6 Å². The third kappa shape index (κ3) is 4.41. The average Bonchev–Trinajstić information content (AvgIpc) is 3.13. The maximum absolute atomic E-state index is 13.8. The van der Waals surface area contributed by atoms with Gasteiger partial charge in [-0.1, -0.05) is 28.1 Å². The molecule has 1 aliphatic heterocycles. The number of nitrogens with zero attached hydrogens (tertiary/aromatic N) is 2. The molecule has 2 N–H and O–H groups in total. The zero-order valence-electron chi connectivity index (χ0n) is 15.6. The molecule has 5 nitrogen and oxygen atoms in total. The quantitative estimate of drug-likeness (QED) is 0.444. The summed E-state index contributed by atoms with van der Waals surface area (Å²) < 4.78 is 69.5. The number of amides is 1. The molecule has 162 valence electrons. The first kappa shape index (κ1) is 21.3. The zero-order valence-corrected chi connectivity index (χ0v) is 17.1. The van der Waals surface area contributed by atoms with Crippen LogP contribution in [0.5, 0.6) is 0 Å². The lowest BCUT2D eigenvalue weighted by atomic mass is 9.97. The number of carbonyl (C=O) groups is 1. The molecule has 2 aromatic carbocycles. The van der Waals surface area contributed by atoms with Crippen LogP contribution < -0.4 is 10.6 Å². The van der Waals surface area contributed by atoms with Gasteiger partial charge >= 0.3 is 6.18 Å². The maximum Gasteiger partial charge on any atom is 0.410 e. The van der Waals surface area contributed by atoms with Crippen molar-refractivity contribution in [1.82, 2.24) is 9.78 Å². The normalized spacial score (nSPS) is 18.3. The molecule has 0 saturated carbocycles. The first-order valence-electron chi connectivity index (χ1n) is 9.06. The largest absolute Gasteiger partial charge is 0.410 e. The van der Waals surface area contributed by atoms with Crippen LogP contribution in [0.3, 0.4) is 0 Å². The molecule has 1 aliphatic rings. The Morgan fingerprint density at radius 2 is 1.84 bits per heavy atom. The number of benzene rings is 2. The Morgan fingerprint density at radius 1 is 1.13 bits per heavy atom. The van der Waals surface area contributed by atoms with E-state index in [4.69, 9.17) is 0 Å². The van der Waals surface area contributed by atoms with Crippen molar-refractivity contribution in [3.05, 3.63) is 75.9 Å². The van der Waals surface area contributed by atoms with E-state index >= 15 is 0 Å². The van der Waals surface area contributed by atoms with Gasteiger partial charge in [0.1, 0.15) is 17.5 Å². The van der Waals surface area contributed by atoms with Gasteiger partial charge in [-0.05, 0) is 29.8 Å². The summed E-state index contributed by atoms with van der Waals surface area (Å²) in [6, 6.07) is 7.94. The molecule has 0 aliphatic carbocycles. The van der Waals surface area contributed by atoms with Crippen molar-refractivity contribution in [1.29, 1.82) is 0 Å². The van der Waals surface area contributed by atoms with Crippen LogP contribution in [0.25, 0.3) is 0 Å². The van der Waals surface area contributed by atoms with Crippen molar-refractivity contribution < 1.29 is 26.7 Å². The summed E-state index contributed by atoms with van der Waals surface area (Å²) >= 11 is 3.29. The number of anilines is 2. The van der Waals surface area contributed by atoms with Gasteiger partial charge in [-0.3, -0.25) is 4.79 Å². The Hall–Kier alpha value is -2.95. The molecule has 11 heteroatoms. The standard InChI is InChI=1S/C20H14BrF5N4O/c21-11-3-1-10(2-4-11)15-8-17(20(24,25)26)30-18(27-15)9-16(29-30)19(31)28-14-6-5-12(22)7-13(14)23/h1-7,9,15,17,27H,8H2,(H,28,31)/t15-,17+/m1/s1. The van der Waals surface area contributed by atoms with Crippen molar-refractivity contribution in [3.63, 3.8) is 0 Å². The molecule has 0 bridgehead atoms. The first-order chi connectivity index (χ1) is 14.6. The number of hydrogen-bond acceptors (Lipinski definition) is 3. The number of carbonyl (C=O) groups excluding carboxylic acids is 1. The summed E-state index contributed by atoms with van der Waals surface area (Å²) in [6.07, 6.45) is -4.93. The molecule has 2 atom stereocenters. The van der Waals surface area contributed by atoms with Crippen LogP contribution in [0.2, 0.25) is 0 Å². The number of alkyl halides is 3. The molecule has 31 heavy (non-hydrogen) atoms. The van der Waals surface area contributed by atoms with Crippen LogP contribution >= 0.6 is 15.9 Å². The van der Waals surface area contributed by atoms with Crippen molar-refractivity contribution in [3.8, 4) is 0 Å². The SMILES string of the molecule is O=C(Nc1ccc(F)cc1F)c1cc2n(n1)[C@H](C(F)(F)F)C[C@H](c1ccc(Br)cc1)N2. The highest BCUT2D eigenvalue weighted by Gasteiger charge is 2.46. The summed E-state index contributed by atoms with van der Waals surface area (Å²) in [4.78, 5) is 12.5. The third-order valence-electron chi connectivity index (χ3n) is 4.87. The fourth-order valence-corrected chi connectivity index (χ4v) is 3.64. The van der Waals surface area contributed by atoms with Gasteiger partial charge in [0, 0.05) is 23.0 Å². The second-order valence-corrected chi connectivity index (χ2v) is 7.89. The van der Waals surface area contributed by atoms with Gasteiger partial charge in [-0.25, -0.2) is 13.5 Å². The van der Waals surface area contributed by atoms with Crippen molar-refractivity contribution >= 4 is 33.3 Å². The summed E-state index contributed by atoms with van der Waals surface area (Å²) in [6.45, 7) is 0. The van der Waals surface area contributed by atoms with E-state index in [1.54, 1.807) is 24.3 Å². The summed E-state index contributed by atoms with van der Waals surface area (Å²) in [7, 11) is 0. The highest BCUT2D eigenvalue weighted by molar-refractivity contribution is 9.10. The molecule has 0 fully saturated rings. The topological polar surface area (TPSA) is 59.0 Å². The van der Waals surface area contributed by atoms with Gasteiger partial charge in [0.25, 0.3) is 5.91 Å². The molecule has 0 saturated heterocycles. The predicted molar refractivity (Wildman–Crippen MR) is 107 cm³/mol. The smallest absolute Gasteiger partial charge is 0.363 e. The lowest BCUT2D eigenvalue weighted by molar-refractivity contribution is -0.173. The molecule has 2 heterocycles. The minimum atomic E-state index is -4.60. The summed E-state index contributed by atoms with van der Waals surface area (Å²) in [5, 5.41) is 8.97. The van der Waals surface area contributed by atoms with Gasteiger partial charge in [0.15, 0.2) is 11.7 Å². The van der Waals surface area contributed by atoms with Gasteiger partial charge in [-0.2, -0.15) is 18.3 Å². The van der Waals surface area contributed by atoms with E-state index < -0.39 is 35.8 Å². The van der Waals surface area contributed by atoms with Crippen LogP contribution in [0, 0.1) is 11.6 Å². The fraction of sp³-hybridized carbons (Fsp3) is 0.200. The molecule has 0 spiro atoms. The maximum atomic E-state index is 13.8. The van der Waals surface area contributed by atoms with Crippen LogP contribution in [0.1, 0.15) is 34.6 Å². The molecular weight excluding hydrogens is 487 g/mol. The number of hydrogen-bond donors (Lipinski definition) is 2. The van der Waals surface area contributed by atoms with Gasteiger partial charge in [0.2, 0.25) is 0 Å². The predicted octanol–water partition coefficient (Wildman–Crippen LogP) is 5.84. The third-order valence-corrected chi connectivity index (χ3v) is 5.40. The average molecular weight is 501 g/mol. The Labute approximate surface area is 181 Å². The molecule has 3 aromatic rings. The number of nitrogens with one attached hydrogen (secondary N) is 2. The minimum absolute atomic E-state index is 0.00576. The number of aromatic nitrogens is 2. The molecule has 4 rings (SSSR count). The van der Waals surface area contributed by atoms with Crippen LogP contribution in [0.15, 0.2) is 53.0 Å². The van der Waals surface area contributed by atoms with Crippen LogP contribution in [-0.2, 0) is 0 Å². The van der Waals surface area contributed by atoms with Gasteiger partial charge in [0.05, 0.1) is 11.7 Å². The Kier molecular flexibility index (Phi) is 5.46. The van der Waals surface area contributed by atoms with E-state index in [-0.39, 0.29) is 23.6 Å². The van der Waals surface area contributed by atoms with Crippen molar-refractivity contribution in [2.75, 3.05) is 10.6 Å². The van der Waals surface area contributed by atoms with E-state index in [1.165, 1.54) is 6.07 Å². The minimum Gasteiger partial charge on any atom is -0.363 e. The number of fused-ring (bicyclic) bond motifs is 1. The number of rotatable bonds is 3. The van der Waals surface area contributed by atoms with Crippen molar-refractivity contribution in [2.24, 2.45) is 0 Å². The van der Waals surface area contributed by atoms with E-state index in [9.17, 15) is 26.7 Å². The van der Waals surface area contributed by atoms with E-state index in [2.05, 4.69) is 31.7 Å². The van der Waals surface area contributed by atoms with E-state index in [0.29, 0.717) is 16.3 Å².